The third-order valence-electron chi connectivity index (χ3n) is 4.79. The van der Waals surface area contributed by atoms with Crippen LogP contribution in [-0.4, -0.2) is 55.8 Å². The summed E-state index contributed by atoms with van der Waals surface area (Å²) in [6.45, 7) is 5.71. The van der Waals surface area contributed by atoms with Crippen LogP contribution in [0.3, 0.4) is 0 Å². The summed E-state index contributed by atoms with van der Waals surface area (Å²) in [4.78, 5) is 26.7. The molecule has 2 saturated heterocycles. The number of rotatable bonds is 5. The lowest BCUT2D eigenvalue weighted by Crippen LogP contribution is -2.49. The second kappa shape index (κ2) is 7.95. The largest absolute Gasteiger partial charge is 0.497 e. The van der Waals surface area contributed by atoms with E-state index in [9.17, 15) is 9.59 Å². The fourth-order valence-corrected chi connectivity index (χ4v) is 3.44. The highest BCUT2D eigenvalue weighted by molar-refractivity contribution is 5.90. The molecule has 0 aliphatic carbocycles. The topological polar surface area (TPSA) is 79.9 Å². The zero-order chi connectivity index (χ0) is 18.7. The molecule has 0 aromatic heterocycles. The van der Waals surface area contributed by atoms with Gasteiger partial charge in [0.25, 0.3) is 0 Å². The van der Waals surface area contributed by atoms with Crippen LogP contribution in [0.4, 0.5) is 10.5 Å². The summed E-state index contributed by atoms with van der Waals surface area (Å²) in [6.07, 6.45) is 0.342. The summed E-state index contributed by atoms with van der Waals surface area (Å²) in [5, 5.41) is 5.87. The molecule has 2 N–H and O–H groups in total. The average Bonchev–Trinajstić information content (AvgIpc) is 2.93. The average molecular weight is 361 g/mol. The Bertz CT molecular complexity index is 664. The van der Waals surface area contributed by atoms with Crippen molar-refractivity contribution >= 4 is 17.6 Å². The number of ether oxygens (including phenoxy) is 2. The first-order valence-corrected chi connectivity index (χ1v) is 9.09. The van der Waals surface area contributed by atoms with Gasteiger partial charge in [0.1, 0.15) is 5.75 Å². The number of amides is 3. The summed E-state index contributed by atoms with van der Waals surface area (Å²) in [5.41, 5.74) is 0.680. The van der Waals surface area contributed by atoms with Crippen molar-refractivity contribution < 1.29 is 19.1 Å². The number of nitrogens with one attached hydrogen (secondary N) is 2. The van der Waals surface area contributed by atoms with Crippen molar-refractivity contribution in [2.75, 3.05) is 32.1 Å². The molecule has 2 aliphatic heterocycles. The minimum atomic E-state index is -0.239. The van der Waals surface area contributed by atoms with Gasteiger partial charge in [-0.1, -0.05) is 19.9 Å². The van der Waals surface area contributed by atoms with Gasteiger partial charge in [0.05, 0.1) is 25.2 Å². The van der Waals surface area contributed by atoms with Crippen molar-refractivity contribution in [3.63, 3.8) is 0 Å². The molecule has 0 spiro atoms. The van der Waals surface area contributed by atoms with E-state index in [1.54, 1.807) is 18.1 Å². The number of likely N-dealkylation sites (tertiary alicyclic amines) is 1. The SMILES string of the molecule is COc1cccc(NC(=O)N2C[C@H]3C[C@H](C(=O)NCC(C)C)[C@@H](C2)O3)c1. The van der Waals surface area contributed by atoms with Crippen LogP contribution in [0.5, 0.6) is 5.75 Å². The molecule has 0 saturated carbocycles. The lowest BCUT2D eigenvalue weighted by molar-refractivity contribution is -0.127. The summed E-state index contributed by atoms with van der Waals surface area (Å²) in [5.74, 6) is 0.937. The molecule has 3 amide bonds. The molecule has 1 aromatic carbocycles. The standard InChI is InChI=1S/C19H27N3O4/c1-12(2)9-20-18(23)16-8-15-10-22(11-17(16)26-15)19(24)21-13-5-4-6-14(7-13)25-3/h4-7,12,15-17H,8-11H2,1-3H3,(H,20,23)(H,21,24)/t15-,16+,17-/m1/s1. The lowest BCUT2D eigenvalue weighted by Gasteiger charge is -2.32. The van der Waals surface area contributed by atoms with E-state index in [1.165, 1.54) is 0 Å². The smallest absolute Gasteiger partial charge is 0.322 e. The van der Waals surface area contributed by atoms with Crippen LogP contribution in [0.2, 0.25) is 0 Å². The fourth-order valence-electron chi connectivity index (χ4n) is 3.44. The summed E-state index contributed by atoms with van der Waals surface area (Å²) in [7, 11) is 1.59. The number of hydrogen-bond donors (Lipinski definition) is 2. The van der Waals surface area contributed by atoms with Crippen LogP contribution < -0.4 is 15.4 Å². The van der Waals surface area contributed by atoms with Crippen molar-refractivity contribution in [2.45, 2.75) is 32.5 Å². The Morgan fingerprint density at radius 2 is 2.15 bits per heavy atom. The van der Waals surface area contributed by atoms with Gasteiger partial charge < -0.3 is 25.0 Å². The number of benzene rings is 1. The Balaban J connectivity index is 1.58. The van der Waals surface area contributed by atoms with Gasteiger partial charge in [-0.25, -0.2) is 4.79 Å². The van der Waals surface area contributed by atoms with Crippen molar-refractivity contribution in [1.29, 1.82) is 0 Å². The van der Waals surface area contributed by atoms with Crippen molar-refractivity contribution in [2.24, 2.45) is 11.8 Å². The zero-order valence-electron chi connectivity index (χ0n) is 15.5. The molecule has 0 radical (unpaired) electrons. The van der Waals surface area contributed by atoms with Gasteiger partial charge in [-0.15, -0.1) is 0 Å². The molecule has 2 heterocycles. The Hall–Kier alpha value is -2.28. The Morgan fingerprint density at radius 3 is 2.88 bits per heavy atom. The lowest BCUT2D eigenvalue weighted by atomic mass is 9.99. The second-order valence-corrected chi connectivity index (χ2v) is 7.34. The molecule has 3 atom stereocenters. The van der Waals surface area contributed by atoms with Gasteiger partial charge in [0.15, 0.2) is 0 Å². The van der Waals surface area contributed by atoms with Crippen LogP contribution >= 0.6 is 0 Å². The molecule has 3 rings (SSSR count). The second-order valence-electron chi connectivity index (χ2n) is 7.34. The van der Waals surface area contributed by atoms with E-state index in [-0.39, 0.29) is 30.1 Å². The van der Waals surface area contributed by atoms with E-state index in [1.807, 2.05) is 18.2 Å². The minimum absolute atomic E-state index is 0.0289. The summed E-state index contributed by atoms with van der Waals surface area (Å²) >= 11 is 0. The van der Waals surface area contributed by atoms with Crippen molar-refractivity contribution in [3.05, 3.63) is 24.3 Å². The predicted octanol–water partition coefficient (Wildman–Crippen LogP) is 2.09. The number of hydrogen-bond acceptors (Lipinski definition) is 4. The Kier molecular flexibility index (Phi) is 5.66. The first-order chi connectivity index (χ1) is 12.5. The van der Waals surface area contributed by atoms with Crippen LogP contribution in [-0.2, 0) is 9.53 Å². The first-order valence-electron chi connectivity index (χ1n) is 9.09. The van der Waals surface area contributed by atoms with Crippen LogP contribution in [0.25, 0.3) is 0 Å². The maximum Gasteiger partial charge on any atom is 0.322 e. The molecular weight excluding hydrogens is 334 g/mol. The number of fused-ring (bicyclic) bond motifs is 2. The maximum atomic E-state index is 12.6. The van der Waals surface area contributed by atoms with Gasteiger partial charge >= 0.3 is 6.03 Å². The molecule has 142 valence electrons. The molecule has 7 heteroatoms. The molecule has 0 unspecified atom stereocenters. The first kappa shape index (κ1) is 18.5. The zero-order valence-corrected chi connectivity index (χ0v) is 15.5. The van der Waals surface area contributed by atoms with E-state index in [0.29, 0.717) is 43.4 Å². The highest BCUT2D eigenvalue weighted by Gasteiger charge is 2.45. The number of nitrogens with zero attached hydrogens (tertiary/aromatic N) is 1. The van der Waals surface area contributed by atoms with Gasteiger partial charge in [0, 0.05) is 31.4 Å². The van der Waals surface area contributed by atoms with Gasteiger partial charge in [-0.3, -0.25) is 4.79 Å². The van der Waals surface area contributed by atoms with Crippen LogP contribution in [0.15, 0.2) is 24.3 Å². The molecule has 2 fully saturated rings. The van der Waals surface area contributed by atoms with Crippen LogP contribution in [0, 0.1) is 11.8 Å². The van der Waals surface area contributed by atoms with E-state index in [2.05, 4.69) is 24.5 Å². The summed E-state index contributed by atoms with van der Waals surface area (Å²) in [6, 6.07) is 7.06. The van der Waals surface area contributed by atoms with E-state index >= 15 is 0 Å². The maximum absolute atomic E-state index is 12.6. The van der Waals surface area contributed by atoms with Crippen molar-refractivity contribution in [1.82, 2.24) is 10.2 Å². The van der Waals surface area contributed by atoms with Crippen LogP contribution in [0.1, 0.15) is 20.3 Å². The number of carbonyl (C=O) groups is 2. The van der Waals surface area contributed by atoms with E-state index in [0.717, 1.165) is 0 Å². The third-order valence-corrected chi connectivity index (χ3v) is 4.79. The number of urea groups is 1. The molecule has 7 nitrogen and oxygen atoms in total. The normalized spacial score (nSPS) is 24.5. The Morgan fingerprint density at radius 1 is 1.35 bits per heavy atom. The predicted molar refractivity (Wildman–Crippen MR) is 98.2 cm³/mol. The van der Waals surface area contributed by atoms with Crippen molar-refractivity contribution in [3.8, 4) is 5.75 Å². The molecule has 2 aliphatic rings. The summed E-state index contributed by atoms with van der Waals surface area (Å²) < 4.78 is 11.1. The third kappa shape index (κ3) is 4.27. The van der Waals surface area contributed by atoms with Gasteiger partial charge in [0.2, 0.25) is 5.91 Å². The number of methoxy groups -OCH3 is 1. The molecule has 26 heavy (non-hydrogen) atoms. The quantitative estimate of drug-likeness (QED) is 0.842. The highest BCUT2D eigenvalue weighted by Crippen LogP contribution is 2.32. The van der Waals surface area contributed by atoms with E-state index < -0.39 is 0 Å². The monoisotopic (exact) mass is 361 g/mol. The van der Waals surface area contributed by atoms with Gasteiger partial charge in [-0.05, 0) is 24.5 Å². The Labute approximate surface area is 154 Å². The highest BCUT2D eigenvalue weighted by atomic mass is 16.5. The molecule has 2 bridgehead atoms. The number of carbonyl (C=O) groups excluding carboxylic acids is 2. The fraction of sp³-hybridized carbons (Fsp3) is 0.579. The molecule has 1 aromatic rings. The number of anilines is 1. The number of morpholine rings is 1. The molecular formula is C19H27N3O4. The van der Waals surface area contributed by atoms with Gasteiger partial charge in [-0.2, -0.15) is 0 Å². The minimum Gasteiger partial charge on any atom is -0.497 e. The van der Waals surface area contributed by atoms with E-state index in [4.69, 9.17) is 9.47 Å².